The van der Waals surface area contributed by atoms with Gasteiger partial charge in [-0.25, -0.2) is 19.3 Å². The lowest BCUT2D eigenvalue weighted by atomic mass is 9.73. The number of alkyl carbamates (subject to hydrolysis) is 1. The Morgan fingerprint density at radius 3 is 2.35 bits per heavy atom. The Morgan fingerprint density at radius 2 is 1.73 bits per heavy atom. The summed E-state index contributed by atoms with van der Waals surface area (Å²) in [7, 11) is 3.63. The largest absolute Gasteiger partial charge is 0.509 e. The van der Waals surface area contributed by atoms with Gasteiger partial charge in [-0.2, -0.15) is 5.10 Å². The van der Waals surface area contributed by atoms with Crippen LogP contribution in [0.3, 0.4) is 0 Å². The zero-order valence-corrected chi connectivity index (χ0v) is 35.5. The van der Waals surface area contributed by atoms with Crippen LogP contribution in [-0.4, -0.2) is 129 Å². The zero-order valence-electron chi connectivity index (χ0n) is 35.5. The van der Waals surface area contributed by atoms with Gasteiger partial charge >= 0.3 is 18.2 Å². The Kier molecular flexibility index (Phi) is 15.8. The molecule has 0 bridgehead atoms. The predicted molar refractivity (Wildman–Crippen MR) is 219 cm³/mol. The number of aliphatic hydroxyl groups is 1. The number of carbonyl (C=O) groups excluding carboxylic acids is 5. The lowest BCUT2D eigenvalue weighted by Crippen LogP contribution is -2.60. The van der Waals surface area contributed by atoms with Gasteiger partial charge in [0.2, 0.25) is 0 Å². The number of aromatic nitrogens is 3. The number of Topliss-reactive ketones (excluding diaryl/α,β-unsaturated/α-hetero) is 2. The van der Waals surface area contributed by atoms with E-state index in [1.165, 1.54) is 27.1 Å². The summed E-state index contributed by atoms with van der Waals surface area (Å²) >= 11 is 0. The number of amides is 1. The van der Waals surface area contributed by atoms with Crippen LogP contribution in [0.1, 0.15) is 87.6 Å². The van der Waals surface area contributed by atoms with Gasteiger partial charge in [0.15, 0.2) is 17.7 Å². The molecule has 17 nitrogen and oxygen atoms in total. The van der Waals surface area contributed by atoms with Gasteiger partial charge in [-0.1, -0.05) is 53.3 Å². The molecule has 2 N–H and O–H groups in total. The summed E-state index contributed by atoms with van der Waals surface area (Å²) in [6.07, 6.45) is -0.248. The standard InChI is InChI=1S/C42H59N5O12.CH4/c1-11-31-42(8)35(45-39(52)58-42)25(4)32(48)23(2)20-41(7,59-40(53)54-18-12-13-28-14-16-29(17-15-28)47-22-43-21-44-47)36(26(5)33(49)27(6)37(51)56-31)57-38-34(50)30(46(9)10)19-24(3)55-38;/h12-17,21-27,30-31,34-36,38,50H,11,18-20H2,1-10H3,(H,45,52);1H4/b13-12+;/t23-,24-,25+,26+,27-,30+,31-,34-,35-,36-,38+,41-,42-;/m1./s1. The molecular weight excluding hydrogens is 778 g/mol. The molecule has 3 saturated heterocycles. The SMILES string of the molecule is C.CC[C@H]1OC(=O)[C@H](C)C(=O)[C@H](C)[C@@H](O[C@@H]2O[C@H](C)C[C@H](N(C)C)[C@H]2O)[C@](C)(OC(=O)OC/C=C/c2ccc(-n3cncn3)cc2)C[C@@H](C)C(=O)[C@H](C)[C@H]2NC(=O)O[C@@]21C. The topological polar surface area (TPSA) is 207 Å². The number of ether oxygens (including phenoxy) is 6. The van der Waals surface area contributed by atoms with E-state index in [2.05, 4.69) is 15.4 Å². The third-order valence-corrected chi connectivity index (χ3v) is 12.0. The summed E-state index contributed by atoms with van der Waals surface area (Å²) in [4.78, 5) is 74.8. The van der Waals surface area contributed by atoms with E-state index in [0.29, 0.717) is 6.42 Å². The number of fused-ring (bicyclic) bond motifs is 1. The van der Waals surface area contributed by atoms with Crippen LogP contribution in [0.25, 0.3) is 11.8 Å². The van der Waals surface area contributed by atoms with Crippen LogP contribution in [-0.2, 0) is 42.8 Å². The first-order chi connectivity index (χ1) is 27.8. The number of aliphatic hydroxyl groups excluding tert-OH is 1. The van der Waals surface area contributed by atoms with Crippen LogP contribution >= 0.6 is 0 Å². The predicted octanol–water partition coefficient (Wildman–Crippen LogP) is 4.91. The summed E-state index contributed by atoms with van der Waals surface area (Å²) in [6, 6.07) is 6.12. The van der Waals surface area contributed by atoms with Crippen LogP contribution in [0.2, 0.25) is 0 Å². The number of nitrogens with zero attached hydrogens (tertiary/aromatic N) is 4. The van der Waals surface area contributed by atoms with E-state index < -0.39 is 95.6 Å². The third kappa shape index (κ3) is 10.4. The van der Waals surface area contributed by atoms with Crippen molar-refractivity contribution in [3.05, 3.63) is 48.6 Å². The lowest BCUT2D eigenvalue weighted by Gasteiger charge is -2.46. The first-order valence-corrected chi connectivity index (χ1v) is 20.2. The molecular formula is C43H63N5O12. The van der Waals surface area contributed by atoms with Crippen LogP contribution in [0.15, 0.2) is 43.0 Å². The summed E-state index contributed by atoms with van der Waals surface area (Å²) in [5, 5.41) is 18.4. The monoisotopic (exact) mass is 841 g/mol. The highest BCUT2D eigenvalue weighted by molar-refractivity contribution is 6.00. The van der Waals surface area contributed by atoms with Gasteiger partial charge in [-0.05, 0) is 84.8 Å². The number of nitrogens with one attached hydrogen (secondary N) is 1. The number of esters is 1. The molecule has 0 spiro atoms. The van der Waals surface area contributed by atoms with Crippen LogP contribution in [0, 0.1) is 23.7 Å². The summed E-state index contributed by atoms with van der Waals surface area (Å²) in [6.45, 7) is 12.7. The van der Waals surface area contributed by atoms with Gasteiger partial charge < -0.3 is 43.7 Å². The van der Waals surface area contributed by atoms with Crippen molar-refractivity contribution in [3.63, 3.8) is 0 Å². The quantitative estimate of drug-likeness (QED) is 0.195. The Labute approximate surface area is 352 Å². The minimum Gasteiger partial charge on any atom is -0.458 e. The van der Waals surface area contributed by atoms with Crippen LogP contribution < -0.4 is 5.32 Å². The van der Waals surface area contributed by atoms with E-state index in [9.17, 15) is 29.1 Å². The fourth-order valence-electron chi connectivity index (χ4n) is 8.69. The van der Waals surface area contributed by atoms with E-state index in [1.807, 2.05) is 50.2 Å². The summed E-state index contributed by atoms with van der Waals surface area (Å²) in [5.74, 6) is -6.11. The maximum absolute atomic E-state index is 14.4. The molecule has 3 aliphatic heterocycles. The average Bonchev–Trinajstić information content (AvgIpc) is 3.84. The van der Waals surface area contributed by atoms with E-state index in [-0.39, 0.29) is 38.8 Å². The summed E-state index contributed by atoms with van der Waals surface area (Å²) in [5.41, 5.74) is -1.63. The molecule has 4 heterocycles. The number of hydrogen-bond acceptors (Lipinski definition) is 15. The molecule has 17 heteroatoms. The van der Waals surface area contributed by atoms with Crippen molar-refractivity contribution in [2.24, 2.45) is 23.7 Å². The first-order valence-electron chi connectivity index (χ1n) is 20.2. The normalized spacial score (nSPS) is 35.4. The van der Waals surface area contributed by atoms with Crippen molar-refractivity contribution in [3.8, 4) is 5.69 Å². The molecule has 3 aliphatic rings. The molecule has 0 saturated carbocycles. The molecule has 332 valence electrons. The van der Waals surface area contributed by atoms with Gasteiger partial charge in [0.25, 0.3) is 0 Å². The van der Waals surface area contributed by atoms with E-state index in [0.717, 1.165) is 11.3 Å². The Morgan fingerprint density at radius 1 is 1.05 bits per heavy atom. The molecule has 1 aromatic carbocycles. The molecule has 1 amide bonds. The highest BCUT2D eigenvalue weighted by atomic mass is 16.8. The number of benzene rings is 1. The van der Waals surface area contributed by atoms with Crippen molar-refractivity contribution < 1.29 is 57.5 Å². The highest BCUT2D eigenvalue weighted by Gasteiger charge is 2.57. The van der Waals surface area contributed by atoms with Crippen molar-refractivity contribution in [1.29, 1.82) is 0 Å². The number of hydrogen-bond donors (Lipinski definition) is 2. The average molecular weight is 842 g/mol. The Bertz CT molecular complexity index is 1840. The second-order valence-electron chi connectivity index (χ2n) is 16.7. The Hall–Kier alpha value is -4.71. The fourth-order valence-corrected chi connectivity index (χ4v) is 8.69. The van der Waals surface area contributed by atoms with E-state index >= 15 is 0 Å². The number of rotatable bonds is 9. The second-order valence-corrected chi connectivity index (χ2v) is 16.7. The van der Waals surface area contributed by atoms with Crippen molar-refractivity contribution in [2.75, 3.05) is 20.7 Å². The minimum atomic E-state index is -1.81. The molecule has 3 fully saturated rings. The smallest absolute Gasteiger partial charge is 0.458 e. The van der Waals surface area contributed by atoms with Gasteiger partial charge in [0.05, 0.1) is 17.8 Å². The number of carbonyl (C=O) groups is 5. The van der Waals surface area contributed by atoms with Gasteiger partial charge in [0.1, 0.15) is 54.9 Å². The Balaban J connectivity index is 0.00000794. The second kappa shape index (κ2) is 19.8. The van der Waals surface area contributed by atoms with E-state index in [4.69, 9.17) is 28.4 Å². The molecule has 2 aromatic rings. The maximum atomic E-state index is 14.4. The molecule has 0 unspecified atom stereocenters. The van der Waals surface area contributed by atoms with Crippen molar-refractivity contribution >= 4 is 35.9 Å². The molecule has 0 radical (unpaired) electrons. The molecule has 60 heavy (non-hydrogen) atoms. The van der Waals surface area contributed by atoms with Crippen molar-refractivity contribution in [2.45, 2.75) is 136 Å². The van der Waals surface area contributed by atoms with Crippen molar-refractivity contribution in [1.82, 2.24) is 25.0 Å². The zero-order chi connectivity index (χ0) is 43.4. The highest BCUT2D eigenvalue weighted by Crippen LogP contribution is 2.40. The maximum Gasteiger partial charge on any atom is 0.509 e. The van der Waals surface area contributed by atoms with Gasteiger partial charge in [0, 0.05) is 23.8 Å². The fraction of sp³-hybridized carbons (Fsp3) is 0.651. The minimum absolute atomic E-state index is 0. The van der Waals surface area contributed by atoms with E-state index in [1.54, 1.807) is 50.9 Å². The van der Waals surface area contributed by atoms with Gasteiger partial charge in [-0.15, -0.1) is 0 Å². The van der Waals surface area contributed by atoms with Gasteiger partial charge in [-0.3, -0.25) is 14.4 Å². The molecule has 13 atom stereocenters. The first kappa shape index (κ1) is 48.0. The van der Waals surface area contributed by atoms with Crippen LogP contribution in [0.5, 0.6) is 0 Å². The number of cyclic esters (lactones) is 1. The lowest BCUT2D eigenvalue weighted by molar-refractivity contribution is -0.293. The summed E-state index contributed by atoms with van der Waals surface area (Å²) < 4.78 is 37.6. The number of likely N-dealkylation sites (N-methyl/N-ethyl adjacent to an activating group) is 1. The third-order valence-electron chi connectivity index (χ3n) is 12.0. The molecule has 0 aliphatic carbocycles. The number of ketones is 2. The molecule has 5 rings (SSSR count). The van der Waals surface area contributed by atoms with Crippen LogP contribution in [0.4, 0.5) is 9.59 Å². The molecule has 1 aromatic heterocycles.